The Kier molecular flexibility index (Phi) is 11.3. The Labute approximate surface area is 172 Å². The van der Waals surface area contributed by atoms with Gasteiger partial charge < -0.3 is 31.2 Å². The first-order valence-electron chi connectivity index (χ1n) is 10.0. The maximum atomic E-state index is 5.51. The van der Waals surface area contributed by atoms with E-state index in [4.69, 9.17) is 15.2 Å². The van der Waals surface area contributed by atoms with Crippen LogP contribution in [0.25, 0.3) is 0 Å². The summed E-state index contributed by atoms with van der Waals surface area (Å²) in [6, 6.07) is 3.89. The lowest BCUT2D eigenvalue weighted by atomic mass is 10.3. The van der Waals surface area contributed by atoms with E-state index in [9.17, 15) is 0 Å². The van der Waals surface area contributed by atoms with Crippen LogP contribution >= 0.6 is 0 Å². The molecule has 10 heteroatoms. The van der Waals surface area contributed by atoms with Crippen molar-refractivity contribution in [3.05, 3.63) is 30.1 Å². The summed E-state index contributed by atoms with van der Waals surface area (Å²) in [4.78, 5) is 17.3. The summed E-state index contributed by atoms with van der Waals surface area (Å²) in [5.74, 6) is 1.55. The molecule has 0 aliphatic heterocycles. The third-order valence-corrected chi connectivity index (χ3v) is 3.81. The van der Waals surface area contributed by atoms with E-state index in [1.807, 2.05) is 12.1 Å². The molecule has 0 saturated carbocycles. The number of rotatable bonds is 16. The average molecular weight is 405 g/mol. The molecule has 0 fully saturated rings. The first kappa shape index (κ1) is 22.7. The second-order valence-electron chi connectivity index (χ2n) is 6.24. The van der Waals surface area contributed by atoms with E-state index in [-0.39, 0.29) is 0 Å². The highest BCUT2D eigenvalue weighted by molar-refractivity contribution is 5.42. The van der Waals surface area contributed by atoms with Crippen molar-refractivity contribution in [1.29, 1.82) is 0 Å². The molecule has 5 N–H and O–H groups in total. The molecule has 0 saturated heterocycles. The molecule has 29 heavy (non-hydrogen) atoms. The summed E-state index contributed by atoms with van der Waals surface area (Å²) in [5.41, 5.74) is 6.46. The van der Waals surface area contributed by atoms with Crippen molar-refractivity contribution in [1.82, 2.24) is 19.9 Å². The first-order chi connectivity index (χ1) is 14.3. The minimum atomic E-state index is 0.499. The van der Waals surface area contributed by atoms with Crippen molar-refractivity contribution in [3.63, 3.8) is 0 Å². The van der Waals surface area contributed by atoms with E-state index >= 15 is 0 Å². The summed E-state index contributed by atoms with van der Waals surface area (Å²) in [5, 5.41) is 9.66. The number of aromatic nitrogens is 4. The maximum Gasteiger partial charge on any atom is 0.229 e. The van der Waals surface area contributed by atoms with Crippen LogP contribution in [0.4, 0.5) is 17.8 Å². The highest BCUT2D eigenvalue weighted by Gasteiger charge is 2.06. The van der Waals surface area contributed by atoms with Crippen LogP contribution in [0.5, 0.6) is 0 Å². The molecule has 2 heterocycles. The van der Waals surface area contributed by atoms with Crippen molar-refractivity contribution < 1.29 is 9.47 Å². The van der Waals surface area contributed by atoms with E-state index in [0.29, 0.717) is 63.9 Å². The lowest BCUT2D eigenvalue weighted by molar-refractivity contribution is 0.0547. The molecule has 0 spiro atoms. The number of ether oxygens (including phenoxy) is 2. The third-order valence-electron chi connectivity index (χ3n) is 3.81. The van der Waals surface area contributed by atoms with Crippen molar-refractivity contribution in [2.75, 3.05) is 62.0 Å². The van der Waals surface area contributed by atoms with Crippen LogP contribution in [0, 0.1) is 0 Å². The molecular weight excluding hydrogens is 372 g/mol. The summed E-state index contributed by atoms with van der Waals surface area (Å²) in [7, 11) is 0. The van der Waals surface area contributed by atoms with Crippen LogP contribution in [0.15, 0.2) is 24.5 Å². The Hall–Kier alpha value is -2.56. The normalized spacial score (nSPS) is 10.7. The Morgan fingerprint density at radius 3 is 2.10 bits per heavy atom. The fourth-order valence-electron chi connectivity index (χ4n) is 2.31. The minimum absolute atomic E-state index is 0.499. The van der Waals surface area contributed by atoms with E-state index in [1.54, 1.807) is 12.4 Å². The number of unbranched alkanes of at least 4 members (excludes halogenated alkanes) is 1. The van der Waals surface area contributed by atoms with E-state index in [0.717, 1.165) is 24.9 Å². The summed E-state index contributed by atoms with van der Waals surface area (Å²) >= 11 is 0. The van der Waals surface area contributed by atoms with Gasteiger partial charge in [0, 0.05) is 38.6 Å². The Balaban J connectivity index is 1.84. The quantitative estimate of drug-likeness (QED) is 0.305. The number of anilines is 3. The molecule has 0 aromatic carbocycles. The van der Waals surface area contributed by atoms with Crippen LogP contribution in [0.2, 0.25) is 0 Å². The smallest absolute Gasteiger partial charge is 0.229 e. The number of hydrogen-bond acceptors (Lipinski definition) is 10. The predicted molar refractivity (Wildman–Crippen MR) is 114 cm³/mol. The minimum Gasteiger partial charge on any atom is -0.378 e. The van der Waals surface area contributed by atoms with Crippen LogP contribution in [-0.2, 0) is 16.0 Å². The van der Waals surface area contributed by atoms with Crippen LogP contribution in [0.3, 0.4) is 0 Å². The van der Waals surface area contributed by atoms with Gasteiger partial charge in [-0.3, -0.25) is 4.98 Å². The van der Waals surface area contributed by atoms with Gasteiger partial charge in [0.2, 0.25) is 17.8 Å². The zero-order valence-corrected chi connectivity index (χ0v) is 17.1. The van der Waals surface area contributed by atoms with Gasteiger partial charge in [0.15, 0.2) is 0 Å². The molecule has 0 aliphatic rings. The fraction of sp³-hybridized carbons (Fsp3) is 0.579. The molecule has 160 valence electrons. The highest BCUT2D eigenvalue weighted by atomic mass is 16.5. The Morgan fingerprint density at radius 1 is 0.828 bits per heavy atom. The van der Waals surface area contributed by atoms with Gasteiger partial charge in [0.25, 0.3) is 0 Å². The van der Waals surface area contributed by atoms with Crippen LogP contribution in [-0.4, -0.2) is 66.0 Å². The monoisotopic (exact) mass is 404 g/mol. The second-order valence-corrected chi connectivity index (χ2v) is 6.24. The van der Waals surface area contributed by atoms with Gasteiger partial charge in [-0.15, -0.1) is 0 Å². The molecule has 2 aromatic rings. The fourth-order valence-corrected chi connectivity index (χ4v) is 2.31. The number of pyridine rings is 1. The lowest BCUT2D eigenvalue weighted by Gasteiger charge is -2.11. The molecule has 0 unspecified atom stereocenters. The molecule has 0 radical (unpaired) electrons. The SMILES string of the molecule is CCCCNc1nc(NCCOCCOCCN)nc(NCc2ccncc2)n1. The Morgan fingerprint density at radius 2 is 1.45 bits per heavy atom. The Bertz CT molecular complexity index is 675. The highest BCUT2D eigenvalue weighted by Crippen LogP contribution is 2.11. The molecule has 2 aromatic heterocycles. The average Bonchev–Trinajstić information content (AvgIpc) is 2.75. The molecule has 0 atom stereocenters. The van der Waals surface area contributed by atoms with E-state index in [2.05, 4.69) is 42.8 Å². The third kappa shape index (κ3) is 9.97. The van der Waals surface area contributed by atoms with Gasteiger partial charge in [-0.25, -0.2) is 0 Å². The molecular formula is C19H32N8O2. The van der Waals surface area contributed by atoms with Gasteiger partial charge in [-0.1, -0.05) is 13.3 Å². The zero-order chi connectivity index (χ0) is 20.6. The number of nitrogens with zero attached hydrogens (tertiary/aromatic N) is 4. The van der Waals surface area contributed by atoms with Gasteiger partial charge in [-0.05, 0) is 24.1 Å². The molecule has 2 rings (SSSR count). The molecule has 0 bridgehead atoms. The van der Waals surface area contributed by atoms with Crippen LogP contribution < -0.4 is 21.7 Å². The predicted octanol–water partition coefficient (Wildman–Crippen LogP) is 1.49. The number of hydrogen-bond donors (Lipinski definition) is 4. The van der Waals surface area contributed by atoms with Gasteiger partial charge >= 0.3 is 0 Å². The second kappa shape index (κ2) is 14.4. The van der Waals surface area contributed by atoms with Crippen molar-refractivity contribution in [2.45, 2.75) is 26.3 Å². The molecule has 0 aliphatic carbocycles. The molecule has 0 amide bonds. The topological polar surface area (TPSA) is 132 Å². The van der Waals surface area contributed by atoms with Gasteiger partial charge in [-0.2, -0.15) is 15.0 Å². The maximum absolute atomic E-state index is 5.51. The van der Waals surface area contributed by atoms with E-state index < -0.39 is 0 Å². The van der Waals surface area contributed by atoms with Crippen LogP contribution in [0.1, 0.15) is 25.3 Å². The van der Waals surface area contributed by atoms with Crippen molar-refractivity contribution >= 4 is 17.8 Å². The first-order valence-corrected chi connectivity index (χ1v) is 10.0. The lowest BCUT2D eigenvalue weighted by Crippen LogP contribution is -2.17. The largest absolute Gasteiger partial charge is 0.378 e. The number of nitrogens with one attached hydrogen (secondary N) is 3. The molecule has 10 nitrogen and oxygen atoms in total. The van der Waals surface area contributed by atoms with Gasteiger partial charge in [0.1, 0.15) is 0 Å². The number of nitrogens with two attached hydrogens (primary N) is 1. The van der Waals surface area contributed by atoms with E-state index in [1.165, 1.54) is 0 Å². The summed E-state index contributed by atoms with van der Waals surface area (Å²) in [6.07, 6.45) is 5.67. The summed E-state index contributed by atoms with van der Waals surface area (Å²) < 4.78 is 10.8. The van der Waals surface area contributed by atoms with Crippen molar-refractivity contribution in [3.8, 4) is 0 Å². The van der Waals surface area contributed by atoms with Crippen molar-refractivity contribution in [2.24, 2.45) is 5.73 Å². The standard InChI is InChI=1S/C19H32N8O2/c1-2-3-7-22-17-25-18(23-10-12-29-14-13-28-11-6-20)27-19(26-17)24-15-16-4-8-21-9-5-16/h4-5,8-9H,2-3,6-7,10-15,20H2,1H3,(H3,22,23,24,25,26,27). The zero-order valence-electron chi connectivity index (χ0n) is 17.1. The summed E-state index contributed by atoms with van der Waals surface area (Å²) in [6.45, 7) is 6.81. The van der Waals surface area contributed by atoms with Gasteiger partial charge in [0.05, 0.1) is 26.4 Å².